The van der Waals surface area contributed by atoms with Crippen molar-refractivity contribution in [2.45, 2.75) is 39.8 Å². The Balaban J connectivity index is 1.74. The lowest BCUT2D eigenvalue weighted by molar-refractivity contribution is 0.0455. The standard InChI is InChI=1S/C21H26N4O5/c1-3-13-27-19-11-7-5-9-17(19)15-22-24-29-21(26)30-25-23-16-18-10-6-8-12-20(18)28-14-4-2/h5-12H,3-4,13-16H2,1-2H3. The molecule has 0 heterocycles. The van der Waals surface area contributed by atoms with Crippen molar-refractivity contribution >= 4 is 6.16 Å². The van der Waals surface area contributed by atoms with Crippen LogP contribution in [-0.2, 0) is 22.8 Å². The number of hydrogen-bond donors (Lipinski definition) is 0. The first-order chi connectivity index (χ1) is 14.7. The Bertz CT molecular complexity index is 774. The van der Waals surface area contributed by atoms with Gasteiger partial charge < -0.3 is 9.47 Å². The molecule has 0 aliphatic carbocycles. The molecule has 0 aliphatic heterocycles. The van der Waals surface area contributed by atoms with Gasteiger partial charge in [0.15, 0.2) is 0 Å². The Kier molecular flexibility index (Phi) is 10.4. The molecular weight excluding hydrogens is 388 g/mol. The van der Waals surface area contributed by atoms with E-state index in [-0.39, 0.29) is 13.1 Å². The van der Waals surface area contributed by atoms with Crippen LogP contribution in [0.5, 0.6) is 11.5 Å². The van der Waals surface area contributed by atoms with Crippen LogP contribution in [-0.4, -0.2) is 19.4 Å². The Morgan fingerprint density at radius 3 is 1.60 bits per heavy atom. The van der Waals surface area contributed by atoms with Crippen molar-refractivity contribution in [3.05, 3.63) is 59.7 Å². The zero-order chi connectivity index (χ0) is 21.4. The minimum absolute atomic E-state index is 0.198. The highest BCUT2D eigenvalue weighted by molar-refractivity contribution is 5.58. The summed E-state index contributed by atoms with van der Waals surface area (Å²) in [5, 5.41) is 14.3. The van der Waals surface area contributed by atoms with Gasteiger partial charge in [0, 0.05) is 21.7 Å². The van der Waals surface area contributed by atoms with E-state index in [2.05, 4.69) is 30.5 Å². The van der Waals surface area contributed by atoms with Crippen LogP contribution in [0.1, 0.15) is 37.8 Å². The molecule has 0 bridgehead atoms. The number of carbonyl (C=O) groups excluding carboxylic acids is 1. The smallest absolute Gasteiger partial charge is 0.493 e. The lowest BCUT2D eigenvalue weighted by atomic mass is 10.2. The number of rotatable bonds is 12. The monoisotopic (exact) mass is 414 g/mol. The molecule has 2 rings (SSSR count). The van der Waals surface area contributed by atoms with Crippen molar-refractivity contribution in [2.75, 3.05) is 13.2 Å². The highest BCUT2D eigenvalue weighted by Crippen LogP contribution is 2.20. The van der Waals surface area contributed by atoms with Gasteiger partial charge in [-0.2, -0.15) is 4.79 Å². The van der Waals surface area contributed by atoms with Gasteiger partial charge in [0.1, 0.15) is 11.5 Å². The maximum atomic E-state index is 11.5. The summed E-state index contributed by atoms with van der Waals surface area (Å²) in [6, 6.07) is 14.9. The van der Waals surface area contributed by atoms with Crippen molar-refractivity contribution in [3.63, 3.8) is 0 Å². The summed E-state index contributed by atoms with van der Waals surface area (Å²) in [7, 11) is 0. The molecule has 0 radical (unpaired) electrons. The van der Waals surface area contributed by atoms with Crippen LogP contribution in [0.15, 0.2) is 69.3 Å². The van der Waals surface area contributed by atoms with Gasteiger partial charge in [-0.25, -0.2) is 0 Å². The molecule has 0 saturated carbocycles. The van der Waals surface area contributed by atoms with E-state index in [9.17, 15) is 4.79 Å². The number of ether oxygens (including phenoxy) is 2. The van der Waals surface area contributed by atoms with Crippen molar-refractivity contribution < 1.29 is 23.9 Å². The van der Waals surface area contributed by atoms with Crippen LogP contribution in [0.25, 0.3) is 0 Å². The Morgan fingerprint density at radius 2 is 1.17 bits per heavy atom. The predicted molar refractivity (Wildman–Crippen MR) is 109 cm³/mol. The zero-order valence-corrected chi connectivity index (χ0v) is 17.2. The van der Waals surface area contributed by atoms with E-state index in [1.165, 1.54) is 0 Å². The number of nitrogens with zero attached hydrogens (tertiary/aromatic N) is 4. The van der Waals surface area contributed by atoms with Gasteiger partial charge in [0.05, 0.1) is 26.3 Å². The summed E-state index contributed by atoms with van der Waals surface area (Å²) in [6.07, 6.45) is 0.668. The topological polar surface area (TPSA) is 103 Å². The van der Waals surface area contributed by atoms with Gasteiger partial charge in [-0.05, 0) is 25.0 Å². The summed E-state index contributed by atoms with van der Waals surface area (Å²) in [5.74, 6) is 1.44. The second-order valence-electron chi connectivity index (χ2n) is 6.11. The largest absolute Gasteiger partial charge is 0.565 e. The van der Waals surface area contributed by atoms with Crippen LogP contribution < -0.4 is 9.47 Å². The first-order valence-corrected chi connectivity index (χ1v) is 9.77. The lowest BCUT2D eigenvalue weighted by Gasteiger charge is -2.08. The van der Waals surface area contributed by atoms with Gasteiger partial charge in [-0.3, -0.25) is 9.68 Å². The molecule has 160 valence electrons. The van der Waals surface area contributed by atoms with E-state index >= 15 is 0 Å². The fourth-order valence-corrected chi connectivity index (χ4v) is 2.33. The summed E-state index contributed by atoms with van der Waals surface area (Å²) in [5.41, 5.74) is 1.66. The fourth-order valence-electron chi connectivity index (χ4n) is 2.33. The van der Waals surface area contributed by atoms with Gasteiger partial charge in [0.2, 0.25) is 0 Å². The first-order valence-electron chi connectivity index (χ1n) is 9.77. The fraction of sp³-hybridized carbons (Fsp3) is 0.381. The lowest BCUT2D eigenvalue weighted by Crippen LogP contribution is -1.99. The van der Waals surface area contributed by atoms with Crippen molar-refractivity contribution in [1.82, 2.24) is 0 Å². The normalized spacial score (nSPS) is 11.0. The Morgan fingerprint density at radius 1 is 0.733 bits per heavy atom. The van der Waals surface area contributed by atoms with Crippen molar-refractivity contribution in [2.24, 2.45) is 20.8 Å². The molecule has 0 spiro atoms. The quantitative estimate of drug-likeness (QED) is 0.320. The third-order valence-corrected chi connectivity index (χ3v) is 3.70. The summed E-state index contributed by atoms with van der Waals surface area (Å²) in [4.78, 5) is 20.5. The molecule has 0 saturated heterocycles. The molecule has 0 aromatic heterocycles. The molecule has 30 heavy (non-hydrogen) atoms. The molecule has 0 unspecified atom stereocenters. The molecule has 0 aliphatic rings. The van der Waals surface area contributed by atoms with E-state index in [0.29, 0.717) is 13.2 Å². The van der Waals surface area contributed by atoms with Gasteiger partial charge in [0.25, 0.3) is 0 Å². The van der Waals surface area contributed by atoms with Crippen LogP contribution in [0.2, 0.25) is 0 Å². The highest BCUT2D eigenvalue weighted by atomic mass is 16.9. The number of hydrogen-bond acceptors (Lipinski definition) is 9. The highest BCUT2D eigenvalue weighted by Gasteiger charge is 2.05. The Labute approximate surface area is 175 Å². The predicted octanol–water partition coefficient (Wildman–Crippen LogP) is 5.85. The number of benzene rings is 2. The SMILES string of the molecule is CCCOc1ccccc1CN=NOC(=O)ON=NCc1ccccc1OCCC. The second-order valence-corrected chi connectivity index (χ2v) is 6.11. The molecule has 2 aromatic rings. The van der Waals surface area contributed by atoms with E-state index in [4.69, 9.17) is 9.47 Å². The maximum absolute atomic E-state index is 11.5. The minimum Gasteiger partial charge on any atom is -0.493 e. The molecule has 0 amide bonds. The number of para-hydroxylation sites is 2. The summed E-state index contributed by atoms with van der Waals surface area (Å²) in [6.45, 7) is 5.66. The molecule has 0 N–H and O–H groups in total. The first kappa shape index (κ1) is 22.8. The molecule has 9 nitrogen and oxygen atoms in total. The van der Waals surface area contributed by atoms with Gasteiger partial charge >= 0.3 is 6.16 Å². The van der Waals surface area contributed by atoms with E-state index < -0.39 is 6.16 Å². The van der Waals surface area contributed by atoms with Crippen LogP contribution in [0.3, 0.4) is 0 Å². The van der Waals surface area contributed by atoms with Gasteiger partial charge in [-0.1, -0.05) is 50.2 Å². The number of carbonyl (C=O) groups is 1. The average Bonchev–Trinajstić information content (AvgIpc) is 2.78. The summed E-state index contributed by atoms with van der Waals surface area (Å²) >= 11 is 0. The van der Waals surface area contributed by atoms with Crippen LogP contribution in [0, 0.1) is 0 Å². The molecule has 9 heteroatoms. The van der Waals surface area contributed by atoms with E-state index in [1.54, 1.807) is 0 Å². The Hall–Kier alpha value is -3.49. The van der Waals surface area contributed by atoms with Crippen molar-refractivity contribution in [3.8, 4) is 11.5 Å². The molecule has 0 atom stereocenters. The third kappa shape index (κ3) is 8.26. The van der Waals surface area contributed by atoms with Crippen LogP contribution >= 0.6 is 0 Å². The van der Waals surface area contributed by atoms with Crippen LogP contribution in [0.4, 0.5) is 4.79 Å². The van der Waals surface area contributed by atoms with Crippen molar-refractivity contribution in [1.29, 1.82) is 0 Å². The minimum atomic E-state index is -1.13. The van der Waals surface area contributed by atoms with E-state index in [0.717, 1.165) is 35.5 Å². The molecular formula is C21H26N4O5. The molecule has 0 fully saturated rings. The second kappa shape index (κ2) is 13.6. The molecule has 2 aromatic carbocycles. The summed E-state index contributed by atoms with van der Waals surface area (Å²) < 4.78 is 11.3. The average molecular weight is 414 g/mol. The maximum Gasteiger partial charge on any atom is 0.565 e. The zero-order valence-electron chi connectivity index (χ0n) is 17.2. The van der Waals surface area contributed by atoms with Gasteiger partial charge in [-0.15, -0.1) is 10.2 Å². The third-order valence-electron chi connectivity index (χ3n) is 3.70. The van der Waals surface area contributed by atoms with E-state index in [1.807, 2.05) is 62.4 Å².